The van der Waals surface area contributed by atoms with Crippen molar-refractivity contribution in [3.05, 3.63) is 23.7 Å². The highest BCUT2D eigenvalue weighted by Crippen LogP contribution is 2.72. The lowest BCUT2D eigenvalue weighted by molar-refractivity contribution is 0.0640. The maximum atomic E-state index is 10.8. The summed E-state index contributed by atoms with van der Waals surface area (Å²) in [5.74, 6) is 2.49. The minimum atomic E-state index is -1.08. The molecule has 3 aliphatic carbocycles. The lowest BCUT2D eigenvalue weighted by atomic mass is 9.98. The van der Waals surface area contributed by atoms with Crippen LogP contribution in [0.4, 0.5) is 0 Å². The third-order valence-electron chi connectivity index (χ3n) is 5.29. The molecule has 0 radical (unpaired) electrons. The summed E-state index contributed by atoms with van der Waals surface area (Å²) in [6, 6.07) is 3.03. The maximum absolute atomic E-state index is 10.8. The summed E-state index contributed by atoms with van der Waals surface area (Å²) in [6.07, 6.45) is 3.36. The van der Waals surface area contributed by atoms with Gasteiger partial charge in [0, 0.05) is 0 Å². The average Bonchev–Trinajstić information content (AvgIpc) is 2.79. The van der Waals surface area contributed by atoms with E-state index < -0.39 is 12.1 Å². The number of carboxylic acid groups (broad SMARTS) is 1. The van der Waals surface area contributed by atoms with Crippen LogP contribution in [-0.4, -0.2) is 16.2 Å². The van der Waals surface area contributed by atoms with Gasteiger partial charge in [-0.05, 0) is 61.0 Å². The van der Waals surface area contributed by atoms with Crippen LogP contribution in [0, 0.1) is 29.6 Å². The summed E-state index contributed by atoms with van der Waals surface area (Å²) < 4.78 is 5.21. The second kappa shape index (κ2) is 3.38. The summed E-state index contributed by atoms with van der Waals surface area (Å²) in [5, 5.41) is 19.2. The largest absolute Gasteiger partial charge is 0.475 e. The SMILES string of the molecule is O=C(O)c1ccc(C(O)C2C3C4CCC(C4)C32)o1. The van der Waals surface area contributed by atoms with Crippen molar-refractivity contribution in [3.8, 4) is 0 Å². The van der Waals surface area contributed by atoms with Crippen molar-refractivity contribution < 1.29 is 19.4 Å². The van der Waals surface area contributed by atoms with Crippen molar-refractivity contribution >= 4 is 5.97 Å². The number of furan rings is 1. The highest BCUT2D eigenvalue weighted by Gasteiger charge is 2.67. The van der Waals surface area contributed by atoms with Crippen LogP contribution in [0.25, 0.3) is 0 Å². The van der Waals surface area contributed by atoms with Gasteiger partial charge in [-0.3, -0.25) is 0 Å². The highest BCUT2D eigenvalue weighted by molar-refractivity contribution is 5.84. The lowest BCUT2D eigenvalue weighted by Crippen LogP contribution is -2.07. The molecule has 2 N–H and O–H groups in total. The van der Waals surface area contributed by atoms with E-state index in [4.69, 9.17) is 9.52 Å². The topological polar surface area (TPSA) is 70.7 Å². The van der Waals surface area contributed by atoms with Crippen LogP contribution < -0.4 is 0 Å². The van der Waals surface area contributed by atoms with Crippen molar-refractivity contribution in [2.75, 3.05) is 0 Å². The van der Waals surface area contributed by atoms with Crippen molar-refractivity contribution in [3.63, 3.8) is 0 Å². The minimum Gasteiger partial charge on any atom is -0.475 e. The quantitative estimate of drug-likeness (QED) is 0.861. The highest BCUT2D eigenvalue weighted by atomic mass is 16.4. The van der Waals surface area contributed by atoms with E-state index in [2.05, 4.69) is 0 Å². The molecule has 0 amide bonds. The summed E-state index contributed by atoms with van der Waals surface area (Å²) in [4.78, 5) is 10.8. The van der Waals surface area contributed by atoms with Gasteiger partial charge in [-0.2, -0.15) is 0 Å². The van der Waals surface area contributed by atoms with Gasteiger partial charge < -0.3 is 14.6 Å². The molecule has 2 bridgehead atoms. The predicted octanol–water partition coefficient (Wildman–Crippen LogP) is 2.30. The molecule has 96 valence electrons. The van der Waals surface area contributed by atoms with Gasteiger partial charge in [0.15, 0.2) is 0 Å². The first kappa shape index (κ1) is 10.6. The van der Waals surface area contributed by atoms with Crippen LogP contribution in [-0.2, 0) is 0 Å². The Bertz CT molecular complexity index is 490. The number of rotatable bonds is 3. The molecule has 0 aliphatic heterocycles. The first-order chi connectivity index (χ1) is 8.66. The lowest BCUT2D eigenvalue weighted by Gasteiger charge is -2.12. The molecule has 1 aromatic heterocycles. The van der Waals surface area contributed by atoms with Crippen LogP contribution in [0.3, 0.4) is 0 Å². The number of hydrogen-bond donors (Lipinski definition) is 2. The van der Waals surface area contributed by atoms with E-state index in [1.54, 1.807) is 6.07 Å². The Balaban J connectivity index is 1.54. The molecule has 18 heavy (non-hydrogen) atoms. The third kappa shape index (κ3) is 1.27. The molecular formula is C14H16O4. The van der Waals surface area contributed by atoms with Gasteiger partial charge >= 0.3 is 5.97 Å². The number of carbonyl (C=O) groups is 1. The van der Waals surface area contributed by atoms with E-state index in [0.29, 0.717) is 23.5 Å². The Morgan fingerprint density at radius 3 is 2.50 bits per heavy atom. The number of aliphatic hydroxyl groups excluding tert-OH is 1. The second-order valence-electron chi connectivity index (χ2n) is 6.02. The average molecular weight is 248 g/mol. The molecule has 5 unspecified atom stereocenters. The van der Waals surface area contributed by atoms with Crippen LogP contribution in [0.1, 0.15) is 41.7 Å². The van der Waals surface area contributed by atoms with Crippen molar-refractivity contribution in [1.29, 1.82) is 0 Å². The zero-order valence-electron chi connectivity index (χ0n) is 9.95. The predicted molar refractivity (Wildman–Crippen MR) is 61.9 cm³/mol. The van der Waals surface area contributed by atoms with Crippen molar-refractivity contribution in [1.82, 2.24) is 0 Å². The fourth-order valence-electron chi connectivity index (χ4n) is 4.63. The van der Waals surface area contributed by atoms with E-state index in [1.807, 2.05) is 0 Å². The molecule has 0 aromatic carbocycles. The fraction of sp³-hybridized carbons (Fsp3) is 0.643. The standard InChI is InChI=1S/C14H16O4/c15-13(8-3-4-9(18-8)14(16)17)12-10-6-1-2-7(5-6)11(10)12/h3-4,6-7,10-13,15H,1-2,5H2,(H,16,17). The van der Waals surface area contributed by atoms with E-state index >= 15 is 0 Å². The van der Waals surface area contributed by atoms with E-state index in [0.717, 1.165) is 11.8 Å². The van der Waals surface area contributed by atoms with Crippen LogP contribution in [0.15, 0.2) is 16.5 Å². The number of hydrogen-bond acceptors (Lipinski definition) is 3. The molecule has 0 saturated heterocycles. The van der Waals surface area contributed by atoms with Crippen LogP contribution >= 0.6 is 0 Å². The summed E-state index contributed by atoms with van der Waals surface area (Å²) in [7, 11) is 0. The first-order valence-electron chi connectivity index (χ1n) is 6.68. The molecule has 4 rings (SSSR count). The Morgan fingerprint density at radius 2 is 1.94 bits per heavy atom. The van der Waals surface area contributed by atoms with Gasteiger partial charge in [0.2, 0.25) is 5.76 Å². The zero-order valence-corrected chi connectivity index (χ0v) is 9.95. The Hall–Kier alpha value is -1.29. The van der Waals surface area contributed by atoms with Gasteiger partial charge in [-0.1, -0.05) is 0 Å². The number of aliphatic hydroxyl groups is 1. The Kier molecular flexibility index (Phi) is 1.99. The van der Waals surface area contributed by atoms with Gasteiger partial charge in [0.1, 0.15) is 11.9 Å². The minimum absolute atomic E-state index is 0.0853. The second-order valence-corrected chi connectivity index (χ2v) is 6.02. The Labute approximate surface area is 105 Å². The van der Waals surface area contributed by atoms with Crippen molar-refractivity contribution in [2.24, 2.45) is 29.6 Å². The number of fused-ring (bicyclic) bond motifs is 5. The molecule has 4 nitrogen and oxygen atoms in total. The smallest absolute Gasteiger partial charge is 0.371 e. The van der Waals surface area contributed by atoms with Crippen LogP contribution in [0.2, 0.25) is 0 Å². The van der Waals surface area contributed by atoms with Gasteiger partial charge in [0.05, 0.1) is 0 Å². The van der Waals surface area contributed by atoms with E-state index in [9.17, 15) is 9.90 Å². The number of aromatic carboxylic acids is 1. The molecular weight excluding hydrogens is 232 g/mol. The molecule has 3 fully saturated rings. The molecule has 3 saturated carbocycles. The first-order valence-corrected chi connectivity index (χ1v) is 6.68. The van der Waals surface area contributed by atoms with Crippen LogP contribution in [0.5, 0.6) is 0 Å². The molecule has 1 heterocycles. The molecule has 1 aromatic rings. The van der Waals surface area contributed by atoms with E-state index in [1.165, 1.54) is 25.3 Å². The monoisotopic (exact) mass is 248 g/mol. The summed E-state index contributed by atoms with van der Waals surface area (Å²) >= 11 is 0. The van der Waals surface area contributed by atoms with Crippen molar-refractivity contribution in [2.45, 2.75) is 25.4 Å². The van der Waals surface area contributed by atoms with Gasteiger partial charge in [-0.25, -0.2) is 4.79 Å². The third-order valence-corrected chi connectivity index (χ3v) is 5.29. The zero-order chi connectivity index (χ0) is 12.4. The molecule has 3 aliphatic rings. The Morgan fingerprint density at radius 1 is 1.28 bits per heavy atom. The summed E-state index contributed by atoms with van der Waals surface area (Å²) in [6.45, 7) is 0. The molecule has 5 atom stereocenters. The van der Waals surface area contributed by atoms with Gasteiger partial charge in [0.25, 0.3) is 0 Å². The fourth-order valence-corrected chi connectivity index (χ4v) is 4.63. The molecule has 4 heteroatoms. The van der Waals surface area contributed by atoms with Gasteiger partial charge in [-0.15, -0.1) is 0 Å². The van der Waals surface area contributed by atoms with E-state index in [-0.39, 0.29) is 5.76 Å². The summed E-state index contributed by atoms with van der Waals surface area (Å²) in [5.41, 5.74) is 0. The molecule has 0 spiro atoms. The maximum Gasteiger partial charge on any atom is 0.371 e. The normalized spacial score (nSPS) is 41.7. The number of carboxylic acids is 1.